The Morgan fingerprint density at radius 1 is 1.41 bits per heavy atom. The average Bonchev–Trinajstić information content (AvgIpc) is 2.82. The van der Waals surface area contributed by atoms with Crippen LogP contribution in [0, 0.1) is 0 Å². The second-order valence-corrected chi connectivity index (χ2v) is 4.69. The lowest BCUT2D eigenvalue weighted by Gasteiger charge is -2.11. The first-order valence-corrected chi connectivity index (χ1v) is 6.10. The van der Waals surface area contributed by atoms with Crippen molar-refractivity contribution < 1.29 is 9.15 Å². The highest BCUT2D eigenvalue weighted by Crippen LogP contribution is 2.27. The molecular weight excluding hydrogens is 282 g/mol. The van der Waals surface area contributed by atoms with E-state index in [1.807, 2.05) is 24.3 Å². The van der Waals surface area contributed by atoms with Crippen molar-refractivity contribution in [2.24, 2.45) is 5.73 Å². The molecule has 0 fully saturated rings. The Bertz CT molecular complexity index is 482. The number of rotatable bonds is 4. The summed E-state index contributed by atoms with van der Waals surface area (Å²) in [6.07, 6.45) is 4.09. The molecule has 3 nitrogen and oxygen atoms in total. The second kappa shape index (κ2) is 5.38. The van der Waals surface area contributed by atoms with Crippen molar-refractivity contribution in [1.29, 1.82) is 0 Å². The fourth-order valence-electron chi connectivity index (χ4n) is 1.69. The highest BCUT2D eigenvalue weighted by molar-refractivity contribution is 9.10. The number of methoxy groups -OCH3 is 1. The Balaban J connectivity index is 2.11. The normalized spacial score (nSPS) is 12.4. The molecule has 1 unspecified atom stereocenters. The van der Waals surface area contributed by atoms with Crippen molar-refractivity contribution in [2.45, 2.75) is 12.5 Å². The maximum absolute atomic E-state index is 6.09. The van der Waals surface area contributed by atoms with Gasteiger partial charge >= 0.3 is 0 Å². The van der Waals surface area contributed by atoms with Gasteiger partial charge < -0.3 is 14.9 Å². The van der Waals surface area contributed by atoms with Crippen LogP contribution in [0.3, 0.4) is 0 Å². The molecule has 0 aliphatic heterocycles. The molecule has 2 rings (SSSR count). The molecule has 0 bridgehead atoms. The zero-order valence-electron chi connectivity index (χ0n) is 9.52. The number of nitrogens with two attached hydrogens (primary N) is 1. The zero-order valence-corrected chi connectivity index (χ0v) is 11.1. The van der Waals surface area contributed by atoms with Crippen LogP contribution in [0.1, 0.15) is 17.2 Å². The molecule has 0 saturated heterocycles. The summed E-state index contributed by atoms with van der Waals surface area (Å²) in [5, 5.41) is 0. The number of hydrogen-bond donors (Lipinski definition) is 1. The third-order valence-corrected chi connectivity index (χ3v) is 3.26. The minimum atomic E-state index is -0.0472. The molecule has 0 aliphatic carbocycles. The van der Waals surface area contributed by atoms with Crippen molar-refractivity contribution in [2.75, 3.05) is 7.11 Å². The second-order valence-electron chi connectivity index (χ2n) is 3.84. The van der Waals surface area contributed by atoms with Gasteiger partial charge in [0.1, 0.15) is 5.75 Å². The van der Waals surface area contributed by atoms with Crippen LogP contribution in [-0.4, -0.2) is 7.11 Å². The SMILES string of the molecule is COc1ccc(CC(N)c2ccoc2)cc1Br. The molecule has 2 aromatic rings. The Morgan fingerprint density at radius 2 is 2.24 bits per heavy atom. The minimum absolute atomic E-state index is 0.0472. The molecule has 17 heavy (non-hydrogen) atoms. The van der Waals surface area contributed by atoms with E-state index < -0.39 is 0 Å². The van der Waals surface area contributed by atoms with Crippen molar-refractivity contribution >= 4 is 15.9 Å². The van der Waals surface area contributed by atoms with Gasteiger partial charge in [0.15, 0.2) is 0 Å². The summed E-state index contributed by atoms with van der Waals surface area (Å²) in [5.74, 6) is 0.825. The highest BCUT2D eigenvalue weighted by Gasteiger charge is 2.09. The Labute approximate surface area is 109 Å². The van der Waals surface area contributed by atoms with Gasteiger partial charge in [-0.25, -0.2) is 0 Å². The Morgan fingerprint density at radius 3 is 2.82 bits per heavy atom. The zero-order chi connectivity index (χ0) is 12.3. The molecule has 1 aromatic carbocycles. The van der Waals surface area contributed by atoms with Crippen LogP contribution in [0.25, 0.3) is 0 Å². The maximum Gasteiger partial charge on any atom is 0.133 e. The van der Waals surface area contributed by atoms with Gasteiger partial charge in [-0.3, -0.25) is 0 Å². The van der Waals surface area contributed by atoms with Gasteiger partial charge in [0.05, 0.1) is 24.1 Å². The van der Waals surface area contributed by atoms with E-state index in [-0.39, 0.29) is 6.04 Å². The average molecular weight is 296 g/mol. The number of benzene rings is 1. The van der Waals surface area contributed by atoms with Crippen LogP contribution in [0.4, 0.5) is 0 Å². The minimum Gasteiger partial charge on any atom is -0.496 e. The third-order valence-electron chi connectivity index (χ3n) is 2.64. The van der Waals surface area contributed by atoms with Crippen molar-refractivity contribution in [1.82, 2.24) is 0 Å². The van der Waals surface area contributed by atoms with Crippen LogP contribution in [0.15, 0.2) is 45.7 Å². The van der Waals surface area contributed by atoms with E-state index in [1.165, 1.54) is 0 Å². The summed E-state index contributed by atoms with van der Waals surface area (Å²) in [6.45, 7) is 0. The van der Waals surface area contributed by atoms with Crippen molar-refractivity contribution in [3.05, 3.63) is 52.4 Å². The summed E-state index contributed by atoms with van der Waals surface area (Å²) in [4.78, 5) is 0. The molecule has 0 radical (unpaired) electrons. The maximum atomic E-state index is 6.09. The molecule has 0 aliphatic rings. The smallest absolute Gasteiger partial charge is 0.133 e. The number of furan rings is 1. The predicted molar refractivity (Wildman–Crippen MR) is 70.0 cm³/mol. The van der Waals surface area contributed by atoms with E-state index in [4.69, 9.17) is 14.9 Å². The molecular formula is C13H14BrNO2. The largest absolute Gasteiger partial charge is 0.496 e. The van der Waals surface area contributed by atoms with Gasteiger partial charge in [-0.2, -0.15) is 0 Å². The first-order valence-electron chi connectivity index (χ1n) is 5.31. The van der Waals surface area contributed by atoms with Gasteiger partial charge in [-0.15, -0.1) is 0 Å². The molecule has 90 valence electrons. The van der Waals surface area contributed by atoms with E-state index in [1.54, 1.807) is 19.6 Å². The lowest BCUT2D eigenvalue weighted by molar-refractivity contribution is 0.412. The number of ether oxygens (including phenoxy) is 1. The lowest BCUT2D eigenvalue weighted by Crippen LogP contribution is -2.12. The quantitative estimate of drug-likeness (QED) is 0.941. The third kappa shape index (κ3) is 2.90. The lowest BCUT2D eigenvalue weighted by atomic mass is 10.0. The molecule has 2 N–H and O–H groups in total. The standard InChI is InChI=1S/C13H14BrNO2/c1-16-13-3-2-9(6-11(13)14)7-12(15)10-4-5-17-8-10/h2-6,8,12H,7,15H2,1H3. The van der Waals surface area contributed by atoms with Crippen LogP contribution in [0.2, 0.25) is 0 Å². The molecule has 1 atom stereocenters. The van der Waals surface area contributed by atoms with Crippen LogP contribution < -0.4 is 10.5 Å². The van der Waals surface area contributed by atoms with E-state index in [2.05, 4.69) is 15.9 Å². The Kier molecular flexibility index (Phi) is 3.86. The summed E-state index contributed by atoms with van der Waals surface area (Å²) in [6, 6.07) is 7.82. The van der Waals surface area contributed by atoms with Gasteiger partial charge in [0, 0.05) is 11.6 Å². The first kappa shape index (κ1) is 12.2. The van der Waals surface area contributed by atoms with Gasteiger partial charge in [0.25, 0.3) is 0 Å². The summed E-state index contributed by atoms with van der Waals surface area (Å²) in [5.41, 5.74) is 8.26. The van der Waals surface area contributed by atoms with Gasteiger partial charge in [-0.1, -0.05) is 6.07 Å². The summed E-state index contributed by atoms with van der Waals surface area (Å²) < 4.78 is 11.1. The fraction of sp³-hybridized carbons (Fsp3) is 0.231. The molecule has 1 aromatic heterocycles. The molecule has 4 heteroatoms. The molecule has 1 heterocycles. The van der Waals surface area contributed by atoms with Crippen molar-refractivity contribution in [3.8, 4) is 5.75 Å². The van der Waals surface area contributed by atoms with Gasteiger partial charge in [0.2, 0.25) is 0 Å². The van der Waals surface area contributed by atoms with E-state index in [0.717, 1.165) is 27.8 Å². The van der Waals surface area contributed by atoms with E-state index >= 15 is 0 Å². The summed E-state index contributed by atoms with van der Waals surface area (Å²) in [7, 11) is 1.65. The Hall–Kier alpha value is -1.26. The highest BCUT2D eigenvalue weighted by atomic mass is 79.9. The molecule has 0 saturated carbocycles. The van der Waals surface area contributed by atoms with E-state index in [9.17, 15) is 0 Å². The molecule has 0 spiro atoms. The number of hydrogen-bond acceptors (Lipinski definition) is 3. The topological polar surface area (TPSA) is 48.4 Å². The van der Waals surface area contributed by atoms with E-state index in [0.29, 0.717) is 0 Å². The summed E-state index contributed by atoms with van der Waals surface area (Å²) >= 11 is 3.46. The predicted octanol–water partition coefficient (Wildman–Crippen LogP) is 3.29. The van der Waals surface area contributed by atoms with Crippen LogP contribution >= 0.6 is 15.9 Å². The van der Waals surface area contributed by atoms with Crippen LogP contribution in [-0.2, 0) is 6.42 Å². The first-order chi connectivity index (χ1) is 8.20. The number of halogens is 1. The molecule has 0 amide bonds. The van der Waals surface area contributed by atoms with Crippen LogP contribution in [0.5, 0.6) is 5.75 Å². The van der Waals surface area contributed by atoms with Crippen molar-refractivity contribution in [3.63, 3.8) is 0 Å². The monoisotopic (exact) mass is 295 g/mol. The van der Waals surface area contributed by atoms with Gasteiger partial charge in [-0.05, 0) is 46.1 Å². The fourth-order valence-corrected chi connectivity index (χ4v) is 2.28.